The molecule has 1 fully saturated rings. The number of nitrogens with two attached hydrogens (primary N) is 1. The van der Waals surface area contributed by atoms with Gasteiger partial charge in [-0.3, -0.25) is 4.79 Å². The second-order valence-electron chi connectivity index (χ2n) is 4.56. The molecule has 0 radical (unpaired) electrons. The summed E-state index contributed by atoms with van der Waals surface area (Å²) < 4.78 is 0. The Kier molecular flexibility index (Phi) is 5.05. The molecule has 0 saturated carbocycles. The molecule has 88 valence electrons. The lowest BCUT2D eigenvalue weighted by molar-refractivity contribution is -0.122. The smallest absolute Gasteiger partial charge is 0.236 e. The summed E-state index contributed by atoms with van der Waals surface area (Å²) in [7, 11) is 0. The molecule has 4 heteroatoms. The number of carbonyl (C=O) groups excluding carboxylic acids is 1. The monoisotopic (exact) mass is 213 g/mol. The molecule has 0 aromatic carbocycles. The van der Waals surface area contributed by atoms with E-state index in [1.807, 2.05) is 6.92 Å². The standard InChI is InChI=1S/C11H23N3O/c1-9(13-11(15)10(2)12)8-14-6-4-3-5-7-14/h9-10H,3-8,12H2,1-2H3,(H,13,15)/t9?,10-/m1/s1. The lowest BCUT2D eigenvalue weighted by atomic mass is 10.1. The lowest BCUT2D eigenvalue weighted by Crippen LogP contribution is -2.48. The van der Waals surface area contributed by atoms with E-state index in [2.05, 4.69) is 10.2 Å². The Balaban J connectivity index is 2.22. The van der Waals surface area contributed by atoms with Crippen LogP contribution in [0.25, 0.3) is 0 Å². The first-order chi connectivity index (χ1) is 7.09. The highest BCUT2D eigenvalue weighted by atomic mass is 16.2. The van der Waals surface area contributed by atoms with Crippen LogP contribution in [0.2, 0.25) is 0 Å². The van der Waals surface area contributed by atoms with Crippen molar-refractivity contribution in [2.45, 2.75) is 45.2 Å². The van der Waals surface area contributed by atoms with Gasteiger partial charge in [-0.15, -0.1) is 0 Å². The zero-order chi connectivity index (χ0) is 11.3. The Morgan fingerprint density at radius 3 is 2.47 bits per heavy atom. The molecule has 1 heterocycles. The van der Waals surface area contributed by atoms with Crippen LogP contribution < -0.4 is 11.1 Å². The van der Waals surface area contributed by atoms with Gasteiger partial charge in [-0.05, 0) is 39.8 Å². The highest BCUT2D eigenvalue weighted by Gasteiger charge is 2.15. The first-order valence-electron chi connectivity index (χ1n) is 5.88. The van der Waals surface area contributed by atoms with Crippen molar-refractivity contribution < 1.29 is 4.79 Å². The highest BCUT2D eigenvalue weighted by molar-refractivity contribution is 5.81. The van der Waals surface area contributed by atoms with Gasteiger partial charge < -0.3 is 16.0 Å². The fraction of sp³-hybridized carbons (Fsp3) is 0.909. The van der Waals surface area contributed by atoms with Crippen LogP contribution in [0.4, 0.5) is 0 Å². The number of carbonyl (C=O) groups is 1. The minimum Gasteiger partial charge on any atom is -0.351 e. The van der Waals surface area contributed by atoms with Crippen LogP contribution in [-0.4, -0.2) is 42.5 Å². The van der Waals surface area contributed by atoms with Crippen LogP contribution >= 0.6 is 0 Å². The molecule has 0 bridgehead atoms. The molecule has 1 unspecified atom stereocenters. The summed E-state index contributed by atoms with van der Waals surface area (Å²) in [6, 6.07) is -0.213. The van der Waals surface area contributed by atoms with Crippen LogP contribution in [0.3, 0.4) is 0 Å². The zero-order valence-corrected chi connectivity index (χ0v) is 9.83. The third kappa shape index (κ3) is 4.62. The molecular formula is C11H23N3O. The first-order valence-corrected chi connectivity index (χ1v) is 5.88. The van der Waals surface area contributed by atoms with E-state index in [0.717, 1.165) is 6.54 Å². The van der Waals surface area contributed by atoms with E-state index < -0.39 is 6.04 Å². The quantitative estimate of drug-likeness (QED) is 0.707. The second-order valence-corrected chi connectivity index (χ2v) is 4.56. The van der Waals surface area contributed by atoms with Crippen molar-refractivity contribution in [2.24, 2.45) is 5.73 Å². The average molecular weight is 213 g/mol. The van der Waals surface area contributed by atoms with Gasteiger partial charge in [-0.2, -0.15) is 0 Å². The number of hydrogen-bond donors (Lipinski definition) is 2. The Morgan fingerprint density at radius 1 is 1.33 bits per heavy atom. The van der Waals surface area contributed by atoms with Crippen LogP contribution in [0.5, 0.6) is 0 Å². The Hall–Kier alpha value is -0.610. The van der Waals surface area contributed by atoms with E-state index >= 15 is 0 Å². The molecule has 3 N–H and O–H groups in total. The minimum absolute atomic E-state index is 0.0560. The summed E-state index contributed by atoms with van der Waals surface area (Å²) in [5.74, 6) is -0.0560. The fourth-order valence-electron chi connectivity index (χ4n) is 1.95. The molecule has 15 heavy (non-hydrogen) atoms. The molecule has 1 aliphatic rings. The van der Waals surface area contributed by atoms with Crippen molar-refractivity contribution in [3.63, 3.8) is 0 Å². The van der Waals surface area contributed by atoms with Gasteiger partial charge in [0.05, 0.1) is 6.04 Å². The number of hydrogen-bond acceptors (Lipinski definition) is 3. The predicted molar refractivity (Wildman–Crippen MR) is 61.5 cm³/mol. The lowest BCUT2D eigenvalue weighted by Gasteiger charge is -2.29. The van der Waals surface area contributed by atoms with Crippen molar-refractivity contribution in [1.29, 1.82) is 0 Å². The minimum atomic E-state index is -0.409. The Morgan fingerprint density at radius 2 is 1.93 bits per heavy atom. The summed E-state index contributed by atoms with van der Waals surface area (Å²) in [6.45, 7) is 7.02. The van der Waals surface area contributed by atoms with Gasteiger partial charge in [-0.1, -0.05) is 6.42 Å². The number of nitrogens with one attached hydrogen (secondary N) is 1. The molecule has 0 aliphatic carbocycles. The summed E-state index contributed by atoms with van der Waals surface area (Å²) in [5, 5.41) is 2.92. The maximum absolute atomic E-state index is 11.3. The number of rotatable bonds is 4. The molecule has 4 nitrogen and oxygen atoms in total. The van der Waals surface area contributed by atoms with E-state index in [0.29, 0.717) is 0 Å². The second kappa shape index (κ2) is 6.08. The number of nitrogens with zero attached hydrogens (tertiary/aromatic N) is 1. The van der Waals surface area contributed by atoms with Crippen molar-refractivity contribution in [3.05, 3.63) is 0 Å². The maximum atomic E-state index is 11.3. The van der Waals surface area contributed by atoms with Crippen LogP contribution in [0, 0.1) is 0 Å². The molecule has 1 aliphatic heterocycles. The number of piperidine rings is 1. The molecule has 2 atom stereocenters. The molecule has 0 spiro atoms. The molecular weight excluding hydrogens is 190 g/mol. The average Bonchev–Trinajstić information content (AvgIpc) is 2.18. The van der Waals surface area contributed by atoms with E-state index in [1.54, 1.807) is 6.92 Å². The summed E-state index contributed by atoms with van der Waals surface area (Å²) in [5.41, 5.74) is 5.49. The van der Waals surface area contributed by atoms with Crippen molar-refractivity contribution >= 4 is 5.91 Å². The molecule has 0 aromatic heterocycles. The van der Waals surface area contributed by atoms with E-state index in [9.17, 15) is 4.79 Å². The highest BCUT2D eigenvalue weighted by Crippen LogP contribution is 2.08. The summed E-state index contributed by atoms with van der Waals surface area (Å²) in [6.07, 6.45) is 3.92. The normalized spacial score (nSPS) is 22.1. The van der Waals surface area contributed by atoms with Gasteiger partial charge in [0.25, 0.3) is 0 Å². The largest absolute Gasteiger partial charge is 0.351 e. The van der Waals surface area contributed by atoms with Gasteiger partial charge in [0.1, 0.15) is 0 Å². The number of likely N-dealkylation sites (tertiary alicyclic amines) is 1. The third-order valence-electron chi connectivity index (χ3n) is 2.78. The van der Waals surface area contributed by atoms with Crippen molar-refractivity contribution in [3.8, 4) is 0 Å². The number of amides is 1. The van der Waals surface area contributed by atoms with Crippen LogP contribution in [0.1, 0.15) is 33.1 Å². The Bertz CT molecular complexity index is 200. The molecule has 1 amide bonds. The SMILES string of the molecule is CC(CN1CCCCC1)NC(=O)[C@@H](C)N. The fourth-order valence-corrected chi connectivity index (χ4v) is 1.95. The zero-order valence-electron chi connectivity index (χ0n) is 9.83. The predicted octanol–water partition coefficient (Wildman–Crippen LogP) is 0.324. The van der Waals surface area contributed by atoms with E-state index in [1.165, 1.54) is 32.4 Å². The topological polar surface area (TPSA) is 58.4 Å². The van der Waals surface area contributed by atoms with Crippen molar-refractivity contribution in [2.75, 3.05) is 19.6 Å². The van der Waals surface area contributed by atoms with Gasteiger partial charge in [0.2, 0.25) is 5.91 Å². The van der Waals surface area contributed by atoms with Crippen LogP contribution in [0.15, 0.2) is 0 Å². The van der Waals surface area contributed by atoms with Gasteiger partial charge in [0, 0.05) is 12.6 Å². The van der Waals surface area contributed by atoms with Crippen LogP contribution in [-0.2, 0) is 4.79 Å². The van der Waals surface area contributed by atoms with Gasteiger partial charge in [-0.25, -0.2) is 0 Å². The molecule has 1 saturated heterocycles. The Labute approximate surface area is 92.2 Å². The van der Waals surface area contributed by atoms with Crippen molar-refractivity contribution in [1.82, 2.24) is 10.2 Å². The first kappa shape index (κ1) is 12.5. The van der Waals surface area contributed by atoms with Gasteiger partial charge in [0.15, 0.2) is 0 Å². The third-order valence-corrected chi connectivity index (χ3v) is 2.78. The molecule has 1 rings (SSSR count). The summed E-state index contributed by atoms with van der Waals surface area (Å²) in [4.78, 5) is 13.8. The van der Waals surface area contributed by atoms with E-state index in [-0.39, 0.29) is 11.9 Å². The maximum Gasteiger partial charge on any atom is 0.236 e. The van der Waals surface area contributed by atoms with Gasteiger partial charge >= 0.3 is 0 Å². The summed E-state index contributed by atoms with van der Waals surface area (Å²) >= 11 is 0. The molecule has 0 aromatic rings. The van der Waals surface area contributed by atoms with E-state index in [4.69, 9.17) is 5.73 Å².